The fourth-order valence-electron chi connectivity index (χ4n) is 2.05. The lowest BCUT2D eigenvalue weighted by Crippen LogP contribution is -2.17. The molecule has 1 aliphatic carbocycles. The van der Waals surface area contributed by atoms with Crippen LogP contribution in [0.4, 0.5) is 5.69 Å². The van der Waals surface area contributed by atoms with E-state index >= 15 is 0 Å². The monoisotopic (exact) mass is 270 g/mol. The summed E-state index contributed by atoms with van der Waals surface area (Å²) in [4.78, 5) is 12.0. The zero-order valence-electron chi connectivity index (χ0n) is 11.5. The number of amides is 1. The van der Waals surface area contributed by atoms with Crippen molar-refractivity contribution < 1.29 is 4.79 Å². The zero-order chi connectivity index (χ0) is 13.9. The largest absolute Gasteiger partial charge is 0.321 e. The first-order valence-electron chi connectivity index (χ1n) is 6.84. The van der Waals surface area contributed by atoms with Gasteiger partial charge in [-0.1, -0.05) is 12.1 Å². The molecule has 1 aliphatic rings. The number of hydrogen-bond donors (Lipinski definition) is 2. The molecule has 5 nitrogen and oxygen atoms in total. The minimum atomic E-state index is -0.145. The van der Waals surface area contributed by atoms with Gasteiger partial charge in [-0.25, -0.2) is 0 Å². The fourth-order valence-corrected chi connectivity index (χ4v) is 2.05. The molecule has 1 saturated carbocycles. The molecule has 20 heavy (non-hydrogen) atoms. The molecule has 1 fully saturated rings. The van der Waals surface area contributed by atoms with Gasteiger partial charge in [-0.2, -0.15) is 5.10 Å². The normalized spacial score (nSPS) is 14.2. The third-order valence-electron chi connectivity index (χ3n) is 3.44. The summed E-state index contributed by atoms with van der Waals surface area (Å²) in [6, 6.07) is 10.3. The molecular formula is C15H18N4O. The highest BCUT2D eigenvalue weighted by atomic mass is 16.2. The van der Waals surface area contributed by atoms with E-state index in [1.165, 1.54) is 18.4 Å². The second-order valence-electron chi connectivity index (χ2n) is 5.15. The first-order chi connectivity index (χ1) is 9.72. The van der Waals surface area contributed by atoms with E-state index in [9.17, 15) is 4.79 Å². The summed E-state index contributed by atoms with van der Waals surface area (Å²) < 4.78 is 1.56. The van der Waals surface area contributed by atoms with Gasteiger partial charge in [0.05, 0.1) is 0 Å². The van der Waals surface area contributed by atoms with E-state index in [4.69, 9.17) is 0 Å². The van der Waals surface area contributed by atoms with E-state index < -0.39 is 0 Å². The van der Waals surface area contributed by atoms with Crippen molar-refractivity contribution in [3.05, 3.63) is 47.8 Å². The number of anilines is 1. The predicted molar refractivity (Wildman–Crippen MR) is 77.5 cm³/mol. The Morgan fingerprint density at radius 2 is 2.05 bits per heavy atom. The summed E-state index contributed by atoms with van der Waals surface area (Å²) in [7, 11) is 1.75. The van der Waals surface area contributed by atoms with Crippen molar-refractivity contribution in [1.29, 1.82) is 0 Å². The summed E-state index contributed by atoms with van der Waals surface area (Å²) in [6.45, 7) is 0.890. The maximum atomic E-state index is 12.0. The number of hydrogen-bond acceptors (Lipinski definition) is 3. The van der Waals surface area contributed by atoms with Gasteiger partial charge in [0.15, 0.2) is 0 Å². The topological polar surface area (TPSA) is 59.0 Å². The SMILES string of the molecule is Cn1nccc1C(=O)Nc1ccc(CNC2CC2)cc1. The van der Waals surface area contributed by atoms with Gasteiger partial charge in [0, 0.05) is 31.5 Å². The highest BCUT2D eigenvalue weighted by Gasteiger charge is 2.19. The highest BCUT2D eigenvalue weighted by molar-refractivity contribution is 6.02. The molecule has 0 aliphatic heterocycles. The Bertz CT molecular complexity index is 599. The van der Waals surface area contributed by atoms with E-state index in [0.29, 0.717) is 11.7 Å². The van der Waals surface area contributed by atoms with Crippen LogP contribution < -0.4 is 10.6 Å². The van der Waals surface area contributed by atoms with Crippen molar-refractivity contribution >= 4 is 11.6 Å². The Hall–Kier alpha value is -2.14. The molecule has 1 aromatic carbocycles. The number of carbonyl (C=O) groups is 1. The smallest absolute Gasteiger partial charge is 0.273 e. The van der Waals surface area contributed by atoms with Crippen LogP contribution in [0, 0.1) is 0 Å². The molecule has 1 amide bonds. The Morgan fingerprint density at radius 1 is 1.30 bits per heavy atom. The van der Waals surface area contributed by atoms with Gasteiger partial charge in [0.2, 0.25) is 0 Å². The van der Waals surface area contributed by atoms with Crippen molar-refractivity contribution in [3.63, 3.8) is 0 Å². The Morgan fingerprint density at radius 3 is 2.65 bits per heavy atom. The van der Waals surface area contributed by atoms with Crippen LogP contribution in [-0.2, 0) is 13.6 Å². The molecule has 3 rings (SSSR count). The Labute approximate surface area is 118 Å². The zero-order valence-corrected chi connectivity index (χ0v) is 11.5. The molecule has 0 saturated heterocycles. The summed E-state index contributed by atoms with van der Waals surface area (Å²) in [6.07, 6.45) is 4.19. The molecule has 2 N–H and O–H groups in total. The van der Waals surface area contributed by atoms with E-state index in [-0.39, 0.29) is 5.91 Å². The maximum Gasteiger partial charge on any atom is 0.273 e. The Balaban J connectivity index is 1.59. The molecule has 5 heteroatoms. The van der Waals surface area contributed by atoms with E-state index in [1.807, 2.05) is 24.3 Å². The lowest BCUT2D eigenvalue weighted by atomic mass is 10.2. The highest BCUT2D eigenvalue weighted by Crippen LogP contribution is 2.19. The van der Waals surface area contributed by atoms with Crippen LogP contribution in [-0.4, -0.2) is 21.7 Å². The van der Waals surface area contributed by atoms with Crippen LogP contribution in [0.3, 0.4) is 0 Å². The molecule has 0 bridgehead atoms. The number of aromatic nitrogens is 2. The maximum absolute atomic E-state index is 12.0. The quantitative estimate of drug-likeness (QED) is 0.872. The van der Waals surface area contributed by atoms with Gasteiger partial charge in [-0.05, 0) is 36.6 Å². The summed E-state index contributed by atoms with van der Waals surface area (Å²) in [5, 5.41) is 10.3. The molecule has 0 spiro atoms. The number of nitrogens with zero attached hydrogens (tertiary/aromatic N) is 2. The number of carbonyl (C=O) groups excluding carboxylic acids is 1. The summed E-state index contributed by atoms with van der Waals surface area (Å²) >= 11 is 0. The van der Waals surface area contributed by atoms with E-state index in [2.05, 4.69) is 15.7 Å². The average Bonchev–Trinajstić information content (AvgIpc) is 3.18. The first-order valence-corrected chi connectivity index (χ1v) is 6.84. The lowest BCUT2D eigenvalue weighted by Gasteiger charge is -2.07. The van der Waals surface area contributed by atoms with Crippen LogP contribution in [0.15, 0.2) is 36.5 Å². The van der Waals surface area contributed by atoms with Gasteiger partial charge in [-0.3, -0.25) is 9.48 Å². The third-order valence-corrected chi connectivity index (χ3v) is 3.44. The fraction of sp³-hybridized carbons (Fsp3) is 0.333. The third kappa shape index (κ3) is 3.05. The standard InChI is InChI=1S/C15H18N4O/c1-19-14(8-9-17-19)15(20)18-13-4-2-11(3-5-13)10-16-12-6-7-12/h2-5,8-9,12,16H,6-7,10H2,1H3,(H,18,20). The summed E-state index contributed by atoms with van der Waals surface area (Å²) in [5.41, 5.74) is 2.58. The molecule has 0 unspecified atom stereocenters. The van der Waals surface area contributed by atoms with E-state index in [0.717, 1.165) is 12.2 Å². The molecular weight excluding hydrogens is 252 g/mol. The van der Waals surface area contributed by atoms with Crippen molar-refractivity contribution in [2.45, 2.75) is 25.4 Å². The van der Waals surface area contributed by atoms with Crippen LogP contribution in [0.5, 0.6) is 0 Å². The van der Waals surface area contributed by atoms with Gasteiger partial charge >= 0.3 is 0 Å². The molecule has 1 heterocycles. The van der Waals surface area contributed by atoms with Crippen molar-refractivity contribution in [2.75, 3.05) is 5.32 Å². The Kier molecular flexibility index (Phi) is 3.52. The average molecular weight is 270 g/mol. The molecule has 104 valence electrons. The van der Waals surface area contributed by atoms with Crippen LogP contribution in [0.2, 0.25) is 0 Å². The first kappa shape index (κ1) is 12.9. The minimum absolute atomic E-state index is 0.145. The van der Waals surface area contributed by atoms with Crippen LogP contribution in [0.25, 0.3) is 0 Å². The lowest BCUT2D eigenvalue weighted by molar-refractivity contribution is 0.101. The molecule has 0 atom stereocenters. The number of rotatable bonds is 5. The number of aryl methyl sites for hydroxylation is 1. The van der Waals surface area contributed by atoms with Gasteiger partial charge in [0.25, 0.3) is 5.91 Å². The van der Waals surface area contributed by atoms with Crippen LogP contribution >= 0.6 is 0 Å². The van der Waals surface area contributed by atoms with Crippen molar-refractivity contribution in [2.24, 2.45) is 7.05 Å². The predicted octanol–water partition coefficient (Wildman–Crippen LogP) is 1.92. The second kappa shape index (κ2) is 5.46. The van der Waals surface area contributed by atoms with Crippen LogP contribution in [0.1, 0.15) is 28.9 Å². The molecule has 2 aromatic rings. The van der Waals surface area contributed by atoms with Gasteiger partial charge in [0.1, 0.15) is 5.69 Å². The second-order valence-corrected chi connectivity index (χ2v) is 5.15. The van der Waals surface area contributed by atoms with Crippen molar-refractivity contribution in [1.82, 2.24) is 15.1 Å². The van der Waals surface area contributed by atoms with Crippen molar-refractivity contribution in [3.8, 4) is 0 Å². The minimum Gasteiger partial charge on any atom is -0.321 e. The van der Waals surface area contributed by atoms with Gasteiger partial charge in [-0.15, -0.1) is 0 Å². The number of benzene rings is 1. The summed E-state index contributed by atoms with van der Waals surface area (Å²) in [5.74, 6) is -0.145. The molecule has 1 aromatic heterocycles. The van der Waals surface area contributed by atoms with Gasteiger partial charge < -0.3 is 10.6 Å². The van der Waals surface area contributed by atoms with E-state index in [1.54, 1.807) is 24.0 Å². The molecule has 0 radical (unpaired) electrons. The number of nitrogens with one attached hydrogen (secondary N) is 2.